The van der Waals surface area contributed by atoms with Gasteiger partial charge in [-0.15, -0.1) is 0 Å². The maximum Gasteiger partial charge on any atom is 0.119 e. The molecule has 1 aromatic rings. The smallest absolute Gasteiger partial charge is 0.119 e. The molecular formula is C19H26O2. The molecule has 0 aliphatic heterocycles. The van der Waals surface area contributed by atoms with E-state index in [1.54, 1.807) is 7.11 Å². The second-order valence-corrected chi connectivity index (χ2v) is 6.79. The van der Waals surface area contributed by atoms with Crippen molar-refractivity contribution in [2.24, 2.45) is 11.8 Å². The molecule has 0 bridgehead atoms. The first-order valence-electron chi connectivity index (χ1n) is 8.10. The van der Waals surface area contributed by atoms with E-state index in [9.17, 15) is 5.11 Å². The van der Waals surface area contributed by atoms with Crippen LogP contribution in [0.2, 0.25) is 0 Å². The van der Waals surface area contributed by atoms with Gasteiger partial charge in [0.05, 0.1) is 13.2 Å². The molecule has 21 heavy (non-hydrogen) atoms. The molecule has 0 radical (unpaired) electrons. The lowest BCUT2D eigenvalue weighted by Gasteiger charge is -2.37. The quantitative estimate of drug-likeness (QED) is 0.830. The Morgan fingerprint density at radius 3 is 2.81 bits per heavy atom. The molecule has 0 aromatic heterocycles. The lowest BCUT2D eigenvalue weighted by atomic mass is 9.67. The average Bonchev–Trinajstić information content (AvgIpc) is 2.65. The second kappa shape index (κ2) is 5.84. The van der Waals surface area contributed by atoms with Gasteiger partial charge in [0.1, 0.15) is 5.75 Å². The molecule has 114 valence electrons. The van der Waals surface area contributed by atoms with Gasteiger partial charge in [-0.1, -0.05) is 18.2 Å². The van der Waals surface area contributed by atoms with Crippen molar-refractivity contribution in [3.63, 3.8) is 0 Å². The van der Waals surface area contributed by atoms with Gasteiger partial charge in [-0.3, -0.25) is 0 Å². The fourth-order valence-corrected chi connectivity index (χ4v) is 4.43. The Hall–Kier alpha value is -1.28. The zero-order valence-electron chi connectivity index (χ0n) is 13.1. The molecule has 2 aliphatic rings. The third-order valence-corrected chi connectivity index (χ3v) is 5.50. The van der Waals surface area contributed by atoms with Gasteiger partial charge in [0.15, 0.2) is 0 Å². The van der Waals surface area contributed by atoms with E-state index in [1.165, 1.54) is 23.1 Å². The summed E-state index contributed by atoms with van der Waals surface area (Å²) in [6.45, 7) is 6.37. The lowest BCUT2D eigenvalue weighted by Crippen LogP contribution is -2.27. The number of hydrogen-bond donors (Lipinski definition) is 1. The van der Waals surface area contributed by atoms with Crippen LogP contribution in [-0.4, -0.2) is 18.3 Å². The maximum absolute atomic E-state index is 10.3. The van der Waals surface area contributed by atoms with E-state index in [-0.39, 0.29) is 6.10 Å². The molecule has 0 unspecified atom stereocenters. The predicted octanol–water partition coefficient (Wildman–Crippen LogP) is 4.08. The zero-order valence-corrected chi connectivity index (χ0v) is 13.1. The highest BCUT2D eigenvalue weighted by atomic mass is 16.5. The monoisotopic (exact) mass is 286 g/mol. The molecule has 0 amide bonds. The van der Waals surface area contributed by atoms with Crippen molar-refractivity contribution in [2.45, 2.75) is 51.0 Å². The first-order valence-corrected chi connectivity index (χ1v) is 8.10. The Labute approximate surface area is 127 Å². The molecule has 3 rings (SSSR count). The van der Waals surface area contributed by atoms with Crippen molar-refractivity contribution in [1.29, 1.82) is 0 Å². The number of ether oxygens (including phenoxy) is 1. The van der Waals surface area contributed by atoms with Crippen LogP contribution in [0.4, 0.5) is 0 Å². The minimum atomic E-state index is -0.171. The van der Waals surface area contributed by atoms with Crippen LogP contribution in [0.5, 0.6) is 5.75 Å². The van der Waals surface area contributed by atoms with Gasteiger partial charge in [-0.25, -0.2) is 0 Å². The molecule has 1 saturated carbocycles. The molecule has 0 saturated heterocycles. The highest BCUT2D eigenvalue weighted by molar-refractivity contribution is 5.40. The summed E-state index contributed by atoms with van der Waals surface area (Å²) in [5, 5.41) is 10.3. The van der Waals surface area contributed by atoms with Crippen molar-refractivity contribution >= 4 is 0 Å². The van der Waals surface area contributed by atoms with Crippen LogP contribution >= 0.6 is 0 Å². The number of rotatable bonds is 2. The van der Waals surface area contributed by atoms with Gasteiger partial charge in [-0.05, 0) is 80.0 Å². The molecule has 0 heterocycles. The van der Waals surface area contributed by atoms with Crippen LogP contribution in [0.25, 0.3) is 0 Å². The largest absolute Gasteiger partial charge is 0.497 e. The lowest BCUT2D eigenvalue weighted by molar-refractivity contribution is 0.147. The van der Waals surface area contributed by atoms with E-state index in [0.29, 0.717) is 17.8 Å². The van der Waals surface area contributed by atoms with Crippen LogP contribution in [0, 0.1) is 11.8 Å². The normalized spacial score (nSPS) is 31.8. The van der Waals surface area contributed by atoms with Gasteiger partial charge < -0.3 is 9.84 Å². The summed E-state index contributed by atoms with van der Waals surface area (Å²) in [4.78, 5) is 0. The van der Waals surface area contributed by atoms with Crippen LogP contribution in [0.15, 0.2) is 30.4 Å². The SMILES string of the molecule is C=C(C)[C@@H]1CC[C@H](O)C[C@@H]2c3ccc(OC)cc3CC[C@@H]21. The van der Waals surface area contributed by atoms with Gasteiger partial charge in [0.2, 0.25) is 0 Å². The molecule has 2 heteroatoms. The highest BCUT2D eigenvalue weighted by Gasteiger charge is 2.38. The van der Waals surface area contributed by atoms with Gasteiger partial charge in [-0.2, -0.15) is 0 Å². The summed E-state index contributed by atoms with van der Waals surface area (Å²) < 4.78 is 5.36. The van der Waals surface area contributed by atoms with Crippen LogP contribution < -0.4 is 4.74 Å². The Balaban J connectivity index is 1.98. The van der Waals surface area contributed by atoms with E-state index in [0.717, 1.165) is 31.4 Å². The van der Waals surface area contributed by atoms with Crippen molar-refractivity contribution in [2.75, 3.05) is 7.11 Å². The Morgan fingerprint density at radius 2 is 2.10 bits per heavy atom. The van der Waals surface area contributed by atoms with Crippen molar-refractivity contribution in [3.8, 4) is 5.75 Å². The topological polar surface area (TPSA) is 29.5 Å². The standard InChI is InChI=1S/C19H26O2/c1-12(2)16-8-5-14(20)11-19-17-9-6-15(21-3)10-13(17)4-7-18(16)19/h6,9-10,14,16,18-20H,1,4-5,7-8,11H2,2-3H3/t14-,16-,18+,19+/m0/s1. The maximum atomic E-state index is 10.3. The van der Waals surface area contributed by atoms with E-state index in [1.807, 2.05) is 0 Å². The summed E-state index contributed by atoms with van der Waals surface area (Å²) in [5.41, 5.74) is 4.13. The summed E-state index contributed by atoms with van der Waals surface area (Å²) in [5.74, 6) is 2.61. The second-order valence-electron chi connectivity index (χ2n) is 6.79. The van der Waals surface area contributed by atoms with Gasteiger partial charge in [0.25, 0.3) is 0 Å². The van der Waals surface area contributed by atoms with Crippen LogP contribution in [0.3, 0.4) is 0 Å². The fourth-order valence-electron chi connectivity index (χ4n) is 4.43. The molecule has 1 N–H and O–H groups in total. The number of aliphatic hydroxyl groups is 1. The van der Waals surface area contributed by atoms with Crippen LogP contribution in [-0.2, 0) is 6.42 Å². The number of aryl methyl sites for hydroxylation is 1. The van der Waals surface area contributed by atoms with Crippen molar-refractivity contribution < 1.29 is 9.84 Å². The average molecular weight is 286 g/mol. The van der Waals surface area contributed by atoms with Crippen molar-refractivity contribution in [3.05, 3.63) is 41.5 Å². The Bertz CT molecular complexity index is 534. The summed E-state index contributed by atoms with van der Waals surface area (Å²) in [7, 11) is 1.72. The highest BCUT2D eigenvalue weighted by Crippen LogP contribution is 2.48. The van der Waals surface area contributed by atoms with Crippen LogP contribution in [0.1, 0.15) is 49.7 Å². The molecule has 2 nitrogen and oxygen atoms in total. The number of allylic oxidation sites excluding steroid dienone is 1. The summed E-state index contributed by atoms with van der Waals surface area (Å²) in [6, 6.07) is 6.46. The zero-order chi connectivity index (χ0) is 15.0. The molecule has 2 aliphatic carbocycles. The predicted molar refractivity (Wildman–Crippen MR) is 85.7 cm³/mol. The number of hydrogen-bond acceptors (Lipinski definition) is 2. The number of fused-ring (bicyclic) bond motifs is 3. The number of aliphatic hydroxyl groups excluding tert-OH is 1. The fraction of sp³-hybridized carbons (Fsp3) is 0.579. The van der Waals surface area contributed by atoms with Gasteiger partial charge in [0, 0.05) is 0 Å². The summed E-state index contributed by atoms with van der Waals surface area (Å²) in [6.07, 6.45) is 5.05. The van der Waals surface area contributed by atoms with E-state index in [4.69, 9.17) is 4.74 Å². The number of benzene rings is 1. The number of methoxy groups -OCH3 is 1. The molecule has 4 atom stereocenters. The molecule has 1 fully saturated rings. The molecule has 1 aromatic carbocycles. The first kappa shape index (κ1) is 14.6. The third kappa shape index (κ3) is 2.74. The summed E-state index contributed by atoms with van der Waals surface area (Å²) >= 11 is 0. The Morgan fingerprint density at radius 1 is 1.29 bits per heavy atom. The van der Waals surface area contributed by atoms with E-state index in [2.05, 4.69) is 31.7 Å². The molecular weight excluding hydrogens is 260 g/mol. The Kier molecular flexibility index (Phi) is 4.08. The minimum absolute atomic E-state index is 0.171. The van der Waals surface area contributed by atoms with Gasteiger partial charge >= 0.3 is 0 Å². The first-order chi connectivity index (χ1) is 10.1. The van der Waals surface area contributed by atoms with E-state index >= 15 is 0 Å². The third-order valence-electron chi connectivity index (χ3n) is 5.50. The minimum Gasteiger partial charge on any atom is -0.497 e. The van der Waals surface area contributed by atoms with Crippen molar-refractivity contribution in [1.82, 2.24) is 0 Å². The molecule has 0 spiro atoms. The van der Waals surface area contributed by atoms with E-state index < -0.39 is 0 Å².